The van der Waals surface area contributed by atoms with Gasteiger partial charge >= 0.3 is 5.97 Å². The van der Waals surface area contributed by atoms with Crippen LogP contribution in [0.15, 0.2) is 12.5 Å². The molecule has 0 spiro atoms. The second-order valence-electron chi connectivity index (χ2n) is 3.68. The Hall–Kier alpha value is -1.85. The van der Waals surface area contributed by atoms with Crippen LogP contribution in [0.5, 0.6) is 0 Å². The van der Waals surface area contributed by atoms with Gasteiger partial charge in [-0.25, -0.2) is 9.78 Å². The number of nitrogens with zero attached hydrogens (tertiary/aromatic N) is 2. The van der Waals surface area contributed by atoms with Gasteiger partial charge in [0.25, 0.3) is 0 Å². The van der Waals surface area contributed by atoms with Crippen LogP contribution in [-0.4, -0.2) is 46.9 Å². The molecular weight excluding hydrogens is 222 g/mol. The van der Waals surface area contributed by atoms with Gasteiger partial charge in [-0.05, 0) is 0 Å². The number of amides is 1. The third-order valence-corrected chi connectivity index (χ3v) is 2.60. The molecule has 1 aromatic heterocycles. The van der Waals surface area contributed by atoms with Crippen molar-refractivity contribution in [2.75, 3.05) is 14.2 Å². The van der Waals surface area contributed by atoms with Crippen LogP contribution in [0.25, 0.3) is 0 Å². The number of carbonyl (C=O) groups is 2. The number of likely N-dealkylation sites (N-methyl/N-ethyl adjacent to an activating group) is 1. The lowest BCUT2D eigenvalue weighted by Gasteiger charge is -2.25. The number of ether oxygens (including phenoxy) is 1. The first-order chi connectivity index (χ1) is 8.10. The second kappa shape index (κ2) is 6.03. The second-order valence-corrected chi connectivity index (χ2v) is 3.68. The number of hydrogen-bond acceptors (Lipinski definition) is 4. The highest BCUT2D eigenvalue weighted by atomic mass is 16.5. The standard InChI is InChI=1S/C11H17N3O3/c1-4-10(15)14(2)9(11(16)17-3)5-8-6-12-7-13-8/h6-7,9H,4-5H2,1-3H3,(H,12,13)/t9-/m0/s1. The molecule has 0 bridgehead atoms. The number of imidazole rings is 1. The molecule has 0 radical (unpaired) electrons. The lowest BCUT2D eigenvalue weighted by Crippen LogP contribution is -2.44. The van der Waals surface area contributed by atoms with Gasteiger partial charge in [-0.2, -0.15) is 0 Å². The number of carbonyl (C=O) groups excluding carboxylic acids is 2. The van der Waals surface area contributed by atoms with Crippen molar-refractivity contribution in [3.8, 4) is 0 Å². The van der Waals surface area contributed by atoms with E-state index in [-0.39, 0.29) is 5.91 Å². The Morgan fingerprint density at radius 2 is 2.29 bits per heavy atom. The molecule has 0 aromatic carbocycles. The zero-order chi connectivity index (χ0) is 12.8. The van der Waals surface area contributed by atoms with E-state index >= 15 is 0 Å². The smallest absolute Gasteiger partial charge is 0.328 e. The van der Waals surface area contributed by atoms with Gasteiger partial charge < -0.3 is 14.6 Å². The lowest BCUT2D eigenvalue weighted by molar-refractivity contribution is -0.151. The van der Waals surface area contributed by atoms with E-state index in [0.29, 0.717) is 12.8 Å². The van der Waals surface area contributed by atoms with E-state index in [0.717, 1.165) is 5.69 Å². The van der Waals surface area contributed by atoms with E-state index in [1.54, 1.807) is 20.2 Å². The van der Waals surface area contributed by atoms with E-state index in [1.165, 1.54) is 18.3 Å². The van der Waals surface area contributed by atoms with Crippen molar-refractivity contribution in [2.24, 2.45) is 0 Å². The van der Waals surface area contributed by atoms with Gasteiger partial charge in [-0.15, -0.1) is 0 Å². The van der Waals surface area contributed by atoms with Gasteiger partial charge in [0.05, 0.1) is 13.4 Å². The summed E-state index contributed by atoms with van der Waals surface area (Å²) < 4.78 is 4.71. The fourth-order valence-electron chi connectivity index (χ4n) is 1.54. The quantitative estimate of drug-likeness (QED) is 0.753. The van der Waals surface area contributed by atoms with Crippen molar-refractivity contribution >= 4 is 11.9 Å². The molecule has 6 nitrogen and oxygen atoms in total. The molecule has 0 aliphatic rings. The van der Waals surface area contributed by atoms with Crippen molar-refractivity contribution in [2.45, 2.75) is 25.8 Å². The highest BCUT2D eigenvalue weighted by Gasteiger charge is 2.27. The molecule has 1 amide bonds. The largest absolute Gasteiger partial charge is 0.467 e. The van der Waals surface area contributed by atoms with Crippen LogP contribution >= 0.6 is 0 Å². The number of hydrogen-bond donors (Lipinski definition) is 1. The molecule has 1 rings (SSSR count). The Balaban J connectivity index is 2.80. The zero-order valence-corrected chi connectivity index (χ0v) is 10.3. The van der Waals surface area contributed by atoms with Gasteiger partial charge in [0.15, 0.2) is 0 Å². The molecule has 6 heteroatoms. The number of esters is 1. The highest BCUT2D eigenvalue weighted by molar-refractivity contribution is 5.84. The first kappa shape index (κ1) is 13.2. The van der Waals surface area contributed by atoms with Crippen molar-refractivity contribution in [3.63, 3.8) is 0 Å². The first-order valence-electron chi connectivity index (χ1n) is 5.40. The number of rotatable bonds is 5. The molecule has 1 heterocycles. The Labute approximate surface area is 100.0 Å². The summed E-state index contributed by atoms with van der Waals surface area (Å²) in [4.78, 5) is 31.4. The Morgan fingerprint density at radius 3 is 2.76 bits per heavy atom. The van der Waals surface area contributed by atoms with Crippen LogP contribution in [0.1, 0.15) is 19.0 Å². The zero-order valence-electron chi connectivity index (χ0n) is 10.3. The molecule has 17 heavy (non-hydrogen) atoms. The number of methoxy groups -OCH3 is 1. The van der Waals surface area contributed by atoms with Crippen LogP contribution in [0, 0.1) is 0 Å². The molecule has 1 aromatic rings. The average Bonchev–Trinajstić information content (AvgIpc) is 2.86. The number of aromatic nitrogens is 2. The Morgan fingerprint density at radius 1 is 1.59 bits per heavy atom. The summed E-state index contributed by atoms with van der Waals surface area (Å²) in [6.07, 6.45) is 3.88. The molecule has 0 fully saturated rings. The monoisotopic (exact) mass is 239 g/mol. The summed E-state index contributed by atoms with van der Waals surface area (Å²) in [5, 5.41) is 0. The molecular formula is C11H17N3O3. The molecule has 1 N–H and O–H groups in total. The van der Waals surface area contributed by atoms with E-state index in [9.17, 15) is 9.59 Å². The third kappa shape index (κ3) is 3.30. The van der Waals surface area contributed by atoms with Crippen molar-refractivity contribution in [3.05, 3.63) is 18.2 Å². The summed E-state index contributed by atoms with van der Waals surface area (Å²) in [5.74, 6) is -0.524. The predicted octanol–water partition coefficient (Wildman–Crippen LogP) is 0.362. The fourth-order valence-corrected chi connectivity index (χ4v) is 1.54. The molecule has 0 saturated heterocycles. The van der Waals surface area contributed by atoms with Gasteiger partial charge in [0.1, 0.15) is 6.04 Å². The molecule has 0 aliphatic heterocycles. The van der Waals surface area contributed by atoms with E-state index < -0.39 is 12.0 Å². The van der Waals surface area contributed by atoms with Gasteiger partial charge in [0, 0.05) is 31.8 Å². The van der Waals surface area contributed by atoms with Crippen LogP contribution in [-0.2, 0) is 20.7 Å². The van der Waals surface area contributed by atoms with Crippen molar-refractivity contribution in [1.29, 1.82) is 0 Å². The van der Waals surface area contributed by atoms with Crippen molar-refractivity contribution in [1.82, 2.24) is 14.9 Å². The third-order valence-electron chi connectivity index (χ3n) is 2.60. The summed E-state index contributed by atoms with van der Waals surface area (Å²) in [5.41, 5.74) is 0.788. The topological polar surface area (TPSA) is 75.3 Å². The molecule has 1 atom stereocenters. The maximum atomic E-state index is 11.6. The van der Waals surface area contributed by atoms with E-state index in [2.05, 4.69) is 9.97 Å². The maximum Gasteiger partial charge on any atom is 0.328 e. The molecule has 0 saturated carbocycles. The SMILES string of the molecule is CCC(=O)N(C)[C@@H](Cc1cnc[nH]1)C(=O)OC. The van der Waals surface area contributed by atoms with Gasteiger partial charge in [-0.1, -0.05) is 6.92 Å². The maximum absolute atomic E-state index is 11.6. The van der Waals surface area contributed by atoms with Crippen LogP contribution in [0.3, 0.4) is 0 Å². The minimum atomic E-state index is -0.618. The van der Waals surface area contributed by atoms with Crippen LogP contribution in [0.2, 0.25) is 0 Å². The van der Waals surface area contributed by atoms with E-state index in [4.69, 9.17) is 4.74 Å². The molecule has 0 unspecified atom stereocenters. The summed E-state index contributed by atoms with van der Waals surface area (Å²) in [6.45, 7) is 1.75. The van der Waals surface area contributed by atoms with Crippen LogP contribution in [0.4, 0.5) is 0 Å². The molecule has 0 aliphatic carbocycles. The van der Waals surface area contributed by atoms with Gasteiger partial charge in [0.2, 0.25) is 5.91 Å². The average molecular weight is 239 g/mol. The number of nitrogens with one attached hydrogen (secondary N) is 1. The molecule has 94 valence electrons. The number of H-pyrrole nitrogens is 1. The van der Waals surface area contributed by atoms with Gasteiger partial charge in [-0.3, -0.25) is 4.79 Å². The Bertz CT molecular complexity index is 375. The summed E-state index contributed by atoms with van der Waals surface area (Å²) >= 11 is 0. The normalized spacial score (nSPS) is 11.9. The lowest BCUT2D eigenvalue weighted by atomic mass is 10.1. The predicted molar refractivity (Wildman–Crippen MR) is 61.2 cm³/mol. The van der Waals surface area contributed by atoms with Crippen LogP contribution < -0.4 is 0 Å². The minimum absolute atomic E-state index is 0.0973. The Kier molecular flexibility index (Phi) is 4.68. The summed E-state index contributed by atoms with van der Waals surface area (Å²) in [7, 11) is 2.91. The summed E-state index contributed by atoms with van der Waals surface area (Å²) in [6, 6.07) is -0.618. The number of aromatic amines is 1. The first-order valence-corrected chi connectivity index (χ1v) is 5.40. The minimum Gasteiger partial charge on any atom is -0.467 e. The van der Waals surface area contributed by atoms with E-state index in [1.807, 2.05) is 0 Å². The van der Waals surface area contributed by atoms with Crippen molar-refractivity contribution < 1.29 is 14.3 Å². The fraction of sp³-hybridized carbons (Fsp3) is 0.545. The highest BCUT2D eigenvalue weighted by Crippen LogP contribution is 2.08.